The third-order valence-electron chi connectivity index (χ3n) is 3.45. The van der Waals surface area contributed by atoms with Gasteiger partial charge in [-0.1, -0.05) is 29.3 Å². The molecule has 24 heavy (non-hydrogen) atoms. The second-order valence-electron chi connectivity index (χ2n) is 5.76. The van der Waals surface area contributed by atoms with Gasteiger partial charge in [0.2, 0.25) is 5.91 Å². The van der Waals surface area contributed by atoms with Crippen molar-refractivity contribution in [3.63, 3.8) is 0 Å². The molecule has 1 heterocycles. The summed E-state index contributed by atoms with van der Waals surface area (Å²) in [5, 5.41) is 8.03. The number of hydrogen-bond donors (Lipinski definition) is 3. The summed E-state index contributed by atoms with van der Waals surface area (Å²) < 4.78 is 0. The molecule has 1 aromatic carbocycles. The van der Waals surface area contributed by atoms with Gasteiger partial charge in [-0.3, -0.25) is 9.78 Å². The van der Waals surface area contributed by atoms with Crippen LogP contribution in [0.25, 0.3) is 0 Å². The van der Waals surface area contributed by atoms with Crippen molar-refractivity contribution in [1.29, 1.82) is 0 Å². The van der Waals surface area contributed by atoms with Crippen LogP contribution in [-0.4, -0.2) is 23.5 Å². The molecule has 1 atom stereocenters. The van der Waals surface area contributed by atoms with Gasteiger partial charge in [-0.05, 0) is 38.5 Å². The van der Waals surface area contributed by atoms with Gasteiger partial charge in [0.1, 0.15) is 0 Å². The van der Waals surface area contributed by atoms with Crippen molar-refractivity contribution in [2.45, 2.75) is 26.8 Å². The molecular formula is C18H22N4O2. The zero-order valence-electron chi connectivity index (χ0n) is 14.1. The highest BCUT2D eigenvalue weighted by Crippen LogP contribution is 2.16. The lowest BCUT2D eigenvalue weighted by Gasteiger charge is -2.16. The van der Waals surface area contributed by atoms with Crippen LogP contribution in [0.15, 0.2) is 42.7 Å². The smallest absolute Gasteiger partial charge is 0.315 e. The molecule has 0 aliphatic rings. The molecule has 2 aromatic rings. The van der Waals surface area contributed by atoms with E-state index in [2.05, 4.69) is 27.0 Å². The van der Waals surface area contributed by atoms with Crippen molar-refractivity contribution >= 4 is 17.6 Å². The molecule has 0 fully saturated rings. The monoisotopic (exact) mass is 326 g/mol. The van der Waals surface area contributed by atoms with Crippen molar-refractivity contribution in [2.24, 2.45) is 0 Å². The first kappa shape index (κ1) is 17.5. The lowest BCUT2D eigenvalue weighted by Crippen LogP contribution is -2.41. The van der Waals surface area contributed by atoms with Crippen LogP contribution in [0.2, 0.25) is 0 Å². The van der Waals surface area contributed by atoms with Crippen molar-refractivity contribution in [1.82, 2.24) is 15.6 Å². The highest BCUT2D eigenvalue weighted by atomic mass is 16.2. The number of anilines is 1. The van der Waals surface area contributed by atoms with E-state index >= 15 is 0 Å². The van der Waals surface area contributed by atoms with Crippen LogP contribution < -0.4 is 16.0 Å². The first-order chi connectivity index (χ1) is 11.4. The average Bonchev–Trinajstić information content (AvgIpc) is 2.53. The maximum absolute atomic E-state index is 11.9. The normalized spacial score (nSPS) is 11.5. The predicted octanol–water partition coefficient (Wildman–Crippen LogP) is 2.70. The number of hydrogen-bond acceptors (Lipinski definition) is 3. The molecule has 0 saturated heterocycles. The number of benzene rings is 1. The maximum atomic E-state index is 11.9. The number of aromatic nitrogens is 1. The summed E-state index contributed by atoms with van der Waals surface area (Å²) >= 11 is 0. The Labute approximate surface area is 141 Å². The summed E-state index contributed by atoms with van der Waals surface area (Å²) in [5.41, 5.74) is 3.92. The summed E-state index contributed by atoms with van der Waals surface area (Å²) in [6, 6.07) is 9.07. The van der Waals surface area contributed by atoms with Crippen molar-refractivity contribution in [2.75, 3.05) is 11.9 Å². The van der Waals surface area contributed by atoms with E-state index in [0.29, 0.717) is 5.69 Å². The number of carbonyl (C=O) groups excluding carboxylic acids is 2. The van der Waals surface area contributed by atoms with Gasteiger partial charge in [-0.15, -0.1) is 0 Å². The molecule has 0 aliphatic heterocycles. The van der Waals surface area contributed by atoms with Gasteiger partial charge >= 0.3 is 6.03 Å². The van der Waals surface area contributed by atoms with Gasteiger partial charge in [0, 0.05) is 6.20 Å². The first-order valence-electron chi connectivity index (χ1n) is 7.76. The maximum Gasteiger partial charge on any atom is 0.315 e. The number of pyridine rings is 1. The molecule has 126 valence electrons. The van der Waals surface area contributed by atoms with Crippen LogP contribution in [0.3, 0.4) is 0 Å². The zero-order chi connectivity index (χ0) is 17.5. The Balaban J connectivity index is 1.81. The topological polar surface area (TPSA) is 83.1 Å². The van der Waals surface area contributed by atoms with Crippen LogP contribution in [0.5, 0.6) is 0 Å². The third-order valence-corrected chi connectivity index (χ3v) is 3.45. The van der Waals surface area contributed by atoms with Gasteiger partial charge in [0.25, 0.3) is 0 Å². The number of rotatable bonds is 5. The van der Waals surface area contributed by atoms with E-state index in [4.69, 9.17) is 0 Å². The van der Waals surface area contributed by atoms with E-state index in [1.54, 1.807) is 24.5 Å². The quantitative estimate of drug-likeness (QED) is 0.790. The minimum atomic E-state index is -0.386. The molecular weight excluding hydrogens is 304 g/mol. The van der Waals surface area contributed by atoms with Crippen molar-refractivity contribution < 1.29 is 9.59 Å². The third kappa shape index (κ3) is 5.39. The van der Waals surface area contributed by atoms with Crippen LogP contribution in [0, 0.1) is 13.8 Å². The van der Waals surface area contributed by atoms with E-state index in [9.17, 15) is 9.59 Å². The molecule has 2 rings (SSSR count). The van der Waals surface area contributed by atoms with E-state index in [-0.39, 0.29) is 24.5 Å². The lowest BCUT2D eigenvalue weighted by atomic mass is 10.0. The van der Waals surface area contributed by atoms with Crippen LogP contribution in [0.4, 0.5) is 10.5 Å². The molecule has 0 spiro atoms. The molecule has 6 heteroatoms. The fourth-order valence-electron chi connectivity index (χ4n) is 2.39. The van der Waals surface area contributed by atoms with Gasteiger partial charge < -0.3 is 16.0 Å². The van der Waals surface area contributed by atoms with Crippen LogP contribution in [-0.2, 0) is 4.79 Å². The molecule has 3 N–H and O–H groups in total. The number of nitrogens with zero attached hydrogens (tertiary/aromatic N) is 1. The standard InChI is InChI=1S/C18H22N4O2/c1-12-7-13(2)9-15(8-12)14(3)21-18(24)20-11-17(23)22-16-5-4-6-19-10-16/h4-10,14H,11H2,1-3H3,(H,22,23)(H2,20,21,24). The van der Waals surface area contributed by atoms with E-state index in [1.165, 1.54) is 0 Å². The summed E-state index contributed by atoms with van der Waals surface area (Å²) in [7, 11) is 0. The summed E-state index contributed by atoms with van der Waals surface area (Å²) in [6.07, 6.45) is 3.16. The van der Waals surface area contributed by atoms with Gasteiger partial charge in [-0.2, -0.15) is 0 Å². The van der Waals surface area contributed by atoms with E-state index < -0.39 is 0 Å². The van der Waals surface area contributed by atoms with Crippen molar-refractivity contribution in [3.8, 4) is 0 Å². The molecule has 0 aliphatic carbocycles. The minimum Gasteiger partial charge on any atom is -0.332 e. The molecule has 0 bridgehead atoms. The highest BCUT2D eigenvalue weighted by Gasteiger charge is 2.11. The lowest BCUT2D eigenvalue weighted by molar-refractivity contribution is -0.115. The molecule has 0 saturated carbocycles. The summed E-state index contributed by atoms with van der Waals surface area (Å²) in [4.78, 5) is 27.6. The average molecular weight is 326 g/mol. The van der Waals surface area contributed by atoms with Gasteiger partial charge in [0.05, 0.1) is 24.5 Å². The Morgan fingerprint density at radius 1 is 1.17 bits per heavy atom. The summed E-state index contributed by atoms with van der Waals surface area (Å²) in [6.45, 7) is 5.84. The first-order valence-corrected chi connectivity index (χ1v) is 7.76. The molecule has 3 amide bonds. The van der Waals surface area contributed by atoms with Crippen molar-refractivity contribution in [3.05, 3.63) is 59.4 Å². The van der Waals surface area contributed by atoms with E-state index in [1.807, 2.05) is 32.9 Å². The number of urea groups is 1. The SMILES string of the molecule is Cc1cc(C)cc(C(C)NC(=O)NCC(=O)Nc2cccnc2)c1. The van der Waals surface area contributed by atoms with E-state index in [0.717, 1.165) is 16.7 Å². The second-order valence-corrected chi connectivity index (χ2v) is 5.76. The Morgan fingerprint density at radius 2 is 1.88 bits per heavy atom. The van der Waals surface area contributed by atoms with Crippen LogP contribution in [0.1, 0.15) is 29.7 Å². The second kappa shape index (κ2) is 8.10. The zero-order valence-corrected chi connectivity index (χ0v) is 14.1. The Morgan fingerprint density at radius 3 is 2.50 bits per heavy atom. The minimum absolute atomic E-state index is 0.111. The number of aryl methyl sites for hydroxylation is 2. The fraction of sp³-hybridized carbons (Fsp3) is 0.278. The van der Waals surface area contributed by atoms with Crippen LogP contribution >= 0.6 is 0 Å². The number of amides is 3. The Kier molecular flexibility index (Phi) is 5.89. The largest absolute Gasteiger partial charge is 0.332 e. The predicted molar refractivity (Wildman–Crippen MR) is 93.7 cm³/mol. The molecule has 6 nitrogen and oxygen atoms in total. The van der Waals surface area contributed by atoms with Gasteiger partial charge in [-0.25, -0.2) is 4.79 Å². The Hall–Kier alpha value is -2.89. The summed E-state index contributed by atoms with van der Waals surface area (Å²) in [5.74, 6) is -0.308. The fourth-order valence-corrected chi connectivity index (χ4v) is 2.39. The number of nitrogens with one attached hydrogen (secondary N) is 3. The Bertz CT molecular complexity index is 696. The van der Waals surface area contributed by atoms with Gasteiger partial charge in [0.15, 0.2) is 0 Å². The molecule has 1 aromatic heterocycles. The number of carbonyl (C=O) groups is 2. The molecule has 1 unspecified atom stereocenters. The molecule has 0 radical (unpaired) electrons. The highest BCUT2D eigenvalue weighted by molar-refractivity contribution is 5.94.